The average Bonchev–Trinajstić information content (AvgIpc) is 2.39. The van der Waals surface area contributed by atoms with Crippen LogP contribution in [0.2, 0.25) is 0 Å². The second kappa shape index (κ2) is 6.12. The molecule has 0 saturated heterocycles. The molecule has 0 aromatic heterocycles. The summed E-state index contributed by atoms with van der Waals surface area (Å²) < 4.78 is 33.0. The molecule has 0 aliphatic heterocycles. The molecule has 0 heterocycles. The highest BCUT2D eigenvalue weighted by Crippen LogP contribution is 2.24. The summed E-state index contributed by atoms with van der Waals surface area (Å²) >= 11 is 3.15. The summed E-state index contributed by atoms with van der Waals surface area (Å²) in [6.45, 7) is -0.442. The van der Waals surface area contributed by atoms with Gasteiger partial charge in [0.15, 0.2) is 11.6 Å². The second-order valence-corrected chi connectivity index (χ2v) is 4.83. The summed E-state index contributed by atoms with van der Waals surface area (Å²) in [5.74, 6) is -1.06. The Balaban J connectivity index is 2.19. The number of benzene rings is 2. The van der Waals surface area contributed by atoms with Crippen LogP contribution in [0.25, 0.3) is 0 Å². The van der Waals surface area contributed by atoms with Crippen LogP contribution in [0.4, 0.5) is 8.78 Å². The molecule has 0 aliphatic carbocycles. The lowest BCUT2D eigenvalue weighted by Gasteiger charge is -2.11. The quantitative estimate of drug-likeness (QED) is 0.925. The van der Waals surface area contributed by atoms with E-state index in [1.54, 1.807) is 18.2 Å². The molecular weight excluding hydrogens is 318 g/mol. The van der Waals surface area contributed by atoms with Crippen LogP contribution in [-0.2, 0) is 13.2 Å². The Kier molecular flexibility index (Phi) is 4.50. The van der Waals surface area contributed by atoms with Gasteiger partial charge in [0.25, 0.3) is 0 Å². The minimum absolute atomic E-state index is 0.0488. The molecule has 0 unspecified atom stereocenters. The van der Waals surface area contributed by atoms with Crippen molar-refractivity contribution < 1.29 is 18.6 Å². The predicted molar refractivity (Wildman–Crippen MR) is 70.8 cm³/mol. The zero-order chi connectivity index (χ0) is 13.8. The van der Waals surface area contributed by atoms with Crippen molar-refractivity contribution in [2.75, 3.05) is 0 Å². The minimum atomic E-state index is -0.580. The van der Waals surface area contributed by atoms with Crippen molar-refractivity contribution in [3.63, 3.8) is 0 Å². The number of aliphatic hydroxyl groups excluding tert-OH is 1. The molecule has 19 heavy (non-hydrogen) atoms. The van der Waals surface area contributed by atoms with E-state index < -0.39 is 11.6 Å². The average molecular weight is 329 g/mol. The Morgan fingerprint density at radius 3 is 2.53 bits per heavy atom. The fourth-order valence-corrected chi connectivity index (χ4v) is 1.96. The third-order valence-corrected chi connectivity index (χ3v) is 3.10. The molecule has 0 aliphatic rings. The van der Waals surface area contributed by atoms with E-state index in [4.69, 9.17) is 9.84 Å². The molecule has 100 valence electrons. The van der Waals surface area contributed by atoms with Gasteiger partial charge in [-0.3, -0.25) is 0 Å². The first-order chi connectivity index (χ1) is 9.11. The molecule has 1 N–H and O–H groups in total. The van der Waals surface area contributed by atoms with Gasteiger partial charge in [0, 0.05) is 15.6 Å². The molecule has 0 atom stereocenters. The summed E-state index contributed by atoms with van der Waals surface area (Å²) in [4.78, 5) is 0. The smallest absolute Gasteiger partial charge is 0.165 e. The largest absolute Gasteiger partial charge is 0.485 e. The van der Waals surface area contributed by atoms with Gasteiger partial charge in [-0.25, -0.2) is 8.78 Å². The lowest BCUT2D eigenvalue weighted by atomic mass is 10.2. The summed E-state index contributed by atoms with van der Waals surface area (Å²) in [6.07, 6.45) is 0. The molecule has 2 nitrogen and oxygen atoms in total. The van der Waals surface area contributed by atoms with E-state index >= 15 is 0 Å². The Morgan fingerprint density at radius 2 is 1.84 bits per heavy atom. The molecular formula is C14H11BrF2O2. The first-order valence-corrected chi connectivity index (χ1v) is 6.36. The number of para-hydroxylation sites is 1. The van der Waals surface area contributed by atoms with Crippen molar-refractivity contribution >= 4 is 15.9 Å². The fraction of sp³-hybridized carbons (Fsp3) is 0.143. The summed E-state index contributed by atoms with van der Waals surface area (Å²) in [5.41, 5.74) is 0.646. The zero-order valence-electron chi connectivity index (χ0n) is 9.87. The van der Waals surface area contributed by atoms with Gasteiger partial charge >= 0.3 is 0 Å². The number of halogens is 3. The number of ether oxygens (including phenoxy) is 1. The van der Waals surface area contributed by atoms with Gasteiger partial charge in [-0.15, -0.1) is 0 Å². The van der Waals surface area contributed by atoms with Crippen LogP contribution in [0, 0.1) is 11.6 Å². The van der Waals surface area contributed by atoms with Crippen LogP contribution >= 0.6 is 15.9 Å². The molecule has 0 saturated carbocycles. The Morgan fingerprint density at radius 1 is 1.05 bits per heavy atom. The number of hydrogen-bond donors (Lipinski definition) is 1. The SMILES string of the molecule is OCc1cccc(F)c1OCc1ccc(Br)cc1F. The van der Waals surface area contributed by atoms with Gasteiger partial charge in [0.2, 0.25) is 0 Å². The van der Waals surface area contributed by atoms with Gasteiger partial charge in [-0.05, 0) is 18.2 Å². The van der Waals surface area contributed by atoms with Gasteiger partial charge in [-0.1, -0.05) is 34.1 Å². The Bertz CT molecular complexity index is 588. The normalized spacial score (nSPS) is 10.5. The summed E-state index contributed by atoms with van der Waals surface area (Å²) in [7, 11) is 0. The van der Waals surface area contributed by atoms with Crippen molar-refractivity contribution in [1.29, 1.82) is 0 Å². The van der Waals surface area contributed by atoms with Crippen LogP contribution in [0.3, 0.4) is 0 Å². The van der Waals surface area contributed by atoms with Crippen LogP contribution in [0.1, 0.15) is 11.1 Å². The molecule has 0 amide bonds. The number of rotatable bonds is 4. The van der Waals surface area contributed by atoms with Crippen molar-refractivity contribution in [1.82, 2.24) is 0 Å². The molecule has 2 aromatic carbocycles. The molecule has 2 rings (SSSR count). The van der Waals surface area contributed by atoms with Crippen LogP contribution in [0.5, 0.6) is 5.75 Å². The topological polar surface area (TPSA) is 29.5 Å². The minimum Gasteiger partial charge on any atom is -0.485 e. The van der Waals surface area contributed by atoms with Crippen molar-refractivity contribution in [3.8, 4) is 5.75 Å². The maximum atomic E-state index is 13.6. The highest BCUT2D eigenvalue weighted by Gasteiger charge is 2.11. The van der Waals surface area contributed by atoms with Gasteiger partial charge in [0.1, 0.15) is 12.4 Å². The second-order valence-electron chi connectivity index (χ2n) is 3.91. The number of hydrogen-bond acceptors (Lipinski definition) is 2. The maximum absolute atomic E-state index is 13.6. The van der Waals surface area contributed by atoms with E-state index in [0.29, 0.717) is 15.6 Å². The van der Waals surface area contributed by atoms with Crippen LogP contribution < -0.4 is 4.74 Å². The van der Waals surface area contributed by atoms with E-state index in [0.717, 1.165) is 0 Å². The standard InChI is InChI=1S/C14H11BrF2O2/c15-11-5-4-10(13(17)6-11)8-19-14-9(7-18)2-1-3-12(14)16/h1-6,18H,7-8H2. The molecule has 0 spiro atoms. The van der Waals surface area contributed by atoms with Crippen molar-refractivity contribution in [3.05, 3.63) is 63.6 Å². The summed E-state index contributed by atoms with van der Waals surface area (Å²) in [6, 6.07) is 8.80. The summed E-state index contributed by atoms with van der Waals surface area (Å²) in [5, 5.41) is 9.10. The van der Waals surface area contributed by atoms with Gasteiger partial charge < -0.3 is 9.84 Å². The lowest BCUT2D eigenvalue weighted by Crippen LogP contribution is -2.02. The van der Waals surface area contributed by atoms with Crippen LogP contribution in [0.15, 0.2) is 40.9 Å². The van der Waals surface area contributed by atoms with Crippen LogP contribution in [-0.4, -0.2) is 5.11 Å². The molecule has 0 fully saturated rings. The molecule has 0 radical (unpaired) electrons. The predicted octanol–water partition coefficient (Wildman–Crippen LogP) is 3.80. The van der Waals surface area contributed by atoms with Crippen molar-refractivity contribution in [2.45, 2.75) is 13.2 Å². The third-order valence-electron chi connectivity index (χ3n) is 2.61. The maximum Gasteiger partial charge on any atom is 0.165 e. The van der Waals surface area contributed by atoms with Gasteiger partial charge in [0.05, 0.1) is 6.61 Å². The van der Waals surface area contributed by atoms with Gasteiger partial charge in [-0.2, -0.15) is 0 Å². The van der Waals surface area contributed by atoms with E-state index in [1.807, 2.05) is 0 Å². The van der Waals surface area contributed by atoms with E-state index in [9.17, 15) is 8.78 Å². The number of aliphatic hydroxyl groups is 1. The van der Waals surface area contributed by atoms with E-state index in [-0.39, 0.29) is 19.0 Å². The highest BCUT2D eigenvalue weighted by atomic mass is 79.9. The monoisotopic (exact) mass is 328 g/mol. The van der Waals surface area contributed by atoms with E-state index in [2.05, 4.69) is 15.9 Å². The Labute approximate surface area is 117 Å². The third kappa shape index (κ3) is 3.30. The molecule has 5 heteroatoms. The highest BCUT2D eigenvalue weighted by molar-refractivity contribution is 9.10. The lowest BCUT2D eigenvalue weighted by molar-refractivity contribution is 0.249. The fourth-order valence-electron chi connectivity index (χ4n) is 1.63. The van der Waals surface area contributed by atoms with E-state index in [1.165, 1.54) is 18.2 Å². The molecule has 2 aromatic rings. The zero-order valence-corrected chi connectivity index (χ0v) is 11.5. The first kappa shape index (κ1) is 14.0. The Hall–Kier alpha value is -1.46. The van der Waals surface area contributed by atoms with Crippen molar-refractivity contribution in [2.24, 2.45) is 0 Å². The first-order valence-electron chi connectivity index (χ1n) is 5.57. The molecule has 0 bridgehead atoms.